The molecular weight excluding hydrogens is 368 g/mol. The number of fused-ring (bicyclic) bond motifs is 2. The Kier molecular flexibility index (Phi) is 5.35. The number of aromatic amines is 1. The summed E-state index contributed by atoms with van der Waals surface area (Å²) in [5.74, 6) is 0.885. The first-order valence-corrected chi connectivity index (χ1v) is 10.2. The van der Waals surface area contributed by atoms with Gasteiger partial charge < -0.3 is 19.2 Å². The lowest BCUT2D eigenvalue weighted by Gasteiger charge is -2.24. The number of rotatable bonds is 7. The molecule has 0 aliphatic carbocycles. The quantitative estimate of drug-likeness (QED) is 0.451. The zero-order valence-electron chi connectivity index (χ0n) is 16.7. The Balaban J connectivity index is 1.55. The van der Waals surface area contributed by atoms with Crippen LogP contribution < -0.4 is 9.46 Å². The molecule has 2 aromatic heterocycles. The highest BCUT2D eigenvalue weighted by Crippen LogP contribution is 2.33. The summed E-state index contributed by atoms with van der Waals surface area (Å²) in [7, 11) is 8.09. The van der Waals surface area contributed by atoms with Gasteiger partial charge in [0, 0.05) is 53.8 Å². The van der Waals surface area contributed by atoms with Crippen molar-refractivity contribution >= 4 is 33.8 Å². The van der Waals surface area contributed by atoms with Crippen LogP contribution in [0.3, 0.4) is 0 Å². The van der Waals surface area contributed by atoms with Crippen molar-refractivity contribution in [1.29, 1.82) is 0 Å². The number of aromatic nitrogens is 2. The average molecular weight is 395 g/mol. The zero-order valence-corrected chi connectivity index (χ0v) is 17.5. The first-order valence-electron chi connectivity index (χ1n) is 9.33. The number of hydrogen-bond acceptors (Lipinski definition) is 4. The van der Waals surface area contributed by atoms with Gasteiger partial charge in [-0.25, -0.2) is 0 Å². The van der Waals surface area contributed by atoms with E-state index < -0.39 is 0 Å². The van der Waals surface area contributed by atoms with Crippen molar-refractivity contribution in [1.82, 2.24) is 19.2 Å². The highest BCUT2D eigenvalue weighted by atomic mass is 32.2. The van der Waals surface area contributed by atoms with E-state index >= 15 is 0 Å². The molecule has 0 aliphatic rings. The molecular formula is C22H26N4OS. The molecule has 0 saturated carbocycles. The average Bonchev–Trinajstić information content (AvgIpc) is 3.28. The van der Waals surface area contributed by atoms with Gasteiger partial charge in [0.1, 0.15) is 5.75 Å². The maximum atomic E-state index is 5.58. The third kappa shape index (κ3) is 3.51. The molecule has 2 N–H and O–H groups in total. The van der Waals surface area contributed by atoms with Gasteiger partial charge in [-0.1, -0.05) is 18.2 Å². The summed E-state index contributed by atoms with van der Waals surface area (Å²) in [6.07, 6.45) is 4.20. The molecule has 6 heteroatoms. The van der Waals surface area contributed by atoms with E-state index in [1.807, 2.05) is 6.20 Å². The molecule has 1 unspecified atom stereocenters. The van der Waals surface area contributed by atoms with Gasteiger partial charge in [-0.3, -0.25) is 4.72 Å². The molecule has 1 atom stereocenters. The van der Waals surface area contributed by atoms with Crippen LogP contribution in [0.4, 0.5) is 0 Å². The topological polar surface area (TPSA) is 45.2 Å². The van der Waals surface area contributed by atoms with Crippen LogP contribution in [0, 0.1) is 0 Å². The third-order valence-electron chi connectivity index (χ3n) is 5.21. The molecule has 0 bridgehead atoms. The van der Waals surface area contributed by atoms with Gasteiger partial charge in [-0.2, -0.15) is 0 Å². The SMILES string of the molecule is COc1cc2cc[nH]c2cc1SNCC(c1cn(C)c2ccccc12)N(C)C. The van der Waals surface area contributed by atoms with Gasteiger partial charge in [-0.15, -0.1) is 0 Å². The van der Waals surface area contributed by atoms with E-state index in [2.05, 4.69) is 89.0 Å². The summed E-state index contributed by atoms with van der Waals surface area (Å²) >= 11 is 1.61. The van der Waals surface area contributed by atoms with Gasteiger partial charge in [0.15, 0.2) is 0 Å². The summed E-state index contributed by atoms with van der Waals surface area (Å²) in [5.41, 5.74) is 3.71. The molecule has 0 amide bonds. The minimum Gasteiger partial charge on any atom is -0.496 e. The maximum Gasteiger partial charge on any atom is 0.134 e. The van der Waals surface area contributed by atoms with E-state index in [9.17, 15) is 0 Å². The van der Waals surface area contributed by atoms with Crippen LogP contribution in [0.5, 0.6) is 5.75 Å². The Morgan fingerprint density at radius 2 is 2.04 bits per heavy atom. The Morgan fingerprint density at radius 1 is 1.21 bits per heavy atom. The van der Waals surface area contributed by atoms with Gasteiger partial charge in [0.2, 0.25) is 0 Å². The molecule has 2 aromatic carbocycles. The standard InChI is InChI=1S/C22H26N4OS/c1-25(2)20(17-14-26(3)19-8-6-5-7-16(17)19)13-24-28-22-12-18-15(9-10-23-18)11-21(22)27-4/h5-12,14,20,23-24H,13H2,1-4H3. The van der Waals surface area contributed by atoms with Crippen molar-refractivity contribution in [3.8, 4) is 5.75 Å². The van der Waals surface area contributed by atoms with E-state index in [0.717, 1.165) is 28.1 Å². The zero-order chi connectivity index (χ0) is 19.7. The van der Waals surface area contributed by atoms with Gasteiger partial charge in [-0.05, 0) is 55.9 Å². The number of para-hydroxylation sites is 1. The van der Waals surface area contributed by atoms with Crippen molar-refractivity contribution < 1.29 is 4.74 Å². The van der Waals surface area contributed by atoms with Crippen LogP contribution in [0.25, 0.3) is 21.8 Å². The fourth-order valence-electron chi connectivity index (χ4n) is 3.71. The first-order chi connectivity index (χ1) is 13.6. The minimum absolute atomic E-state index is 0.263. The number of aryl methyl sites for hydroxylation is 1. The maximum absolute atomic E-state index is 5.58. The summed E-state index contributed by atoms with van der Waals surface area (Å²) < 4.78 is 11.3. The van der Waals surface area contributed by atoms with Crippen LogP contribution in [-0.4, -0.2) is 42.2 Å². The lowest BCUT2D eigenvalue weighted by atomic mass is 10.1. The first kappa shape index (κ1) is 18.9. The molecule has 2 heterocycles. The second-order valence-corrected chi connectivity index (χ2v) is 8.14. The predicted octanol–water partition coefficient (Wildman–Crippen LogP) is 4.57. The monoisotopic (exact) mass is 394 g/mol. The number of H-pyrrole nitrogens is 1. The molecule has 0 aliphatic heterocycles. The van der Waals surface area contributed by atoms with Gasteiger partial charge in [0.05, 0.1) is 12.0 Å². The Bertz CT molecular complexity index is 1100. The largest absolute Gasteiger partial charge is 0.496 e. The van der Waals surface area contributed by atoms with Crippen molar-refractivity contribution in [2.75, 3.05) is 27.7 Å². The molecule has 4 aromatic rings. The molecule has 0 spiro atoms. The van der Waals surface area contributed by atoms with Crippen LogP contribution in [0.15, 0.2) is 59.8 Å². The minimum atomic E-state index is 0.263. The van der Waals surface area contributed by atoms with Crippen molar-refractivity contribution in [2.24, 2.45) is 7.05 Å². The van der Waals surface area contributed by atoms with Crippen molar-refractivity contribution in [2.45, 2.75) is 10.9 Å². The number of nitrogens with zero attached hydrogens (tertiary/aromatic N) is 2. The number of ether oxygens (including phenoxy) is 1. The lowest BCUT2D eigenvalue weighted by molar-refractivity contribution is 0.302. The summed E-state index contributed by atoms with van der Waals surface area (Å²) in [5, 5.41) is 2.46. The fraction of sp³-hybridized carbons (Fsp3) is 0.273. The number of likely N-dealkylation sites (N-methyl/N-ethyl adjacent to an activating group) is 1. The van der Waals surface area contributed by atoms with Crippen LogP contribution in [-0.2, 0) is 7.05 Å². The van der Waals surface area contributed by atoms with E-state index in [-0.39, 0.29) is 6.04 Å². The fourth-order valence-corrected chi connectivity index (χ4v) is 4.52. The number of benzene rings is 2. The molecule has 28 heavy (non-hydrogen) atoms. The molecule has 4 rings (SSSR count). The Hall–Kier alpha value is -2.41. The second-order valence-electron chi connectivity index (χ2n) is 7.21. The van der Waals surface area contributed by atoms with E-state index in [1.165, 1.54) is 16.5 Å². The highest BCUT2D eigenvalue weighted by Gasteiger charge is 2.19. The van der Waals surface area contributed by atoms with E-state index in [4.69, 9.17) is 4.74 Å². The van der Waals surface area contributed by atoms with Crippen LogP contribution in [0.2, 0.25) is 0 Å². The molecule has 0 saturated heterocycles. The smallest absolute Gasteiger partial charge is 0.134 e. The normalized spacial score (nSPS) is 12.9. The van der Waals surface area contributed by atoms with Crippen LogP contribution in [0.1, 0.15) is 11.6 Å². The van der Waals surface area contributed by atoms with E-state index in [1.54, 1.807) is 19.1 Å². The summed E-state index contributed by atoms with van der Waals surface area (Å²) in [6, 6.07) is 15.1. The van der Waals surface area contributed by atoms with Gasteiger partial charge >= 0.3 is 0 Å². The molecule has 0 radical (unpaired) electrons. The molecule has 0 fully saturated rings. The number of hydrogen-bond donors (Lipinski definition) is 2. The van der Waals surface area contributed by atoms with Crippen molar-refractivity contribution in [3.05, 3.63) is 60.4 Å². The van der Waals surface area contributed by atoms with Crippen molar-refractivity contribution in [3.63, 3.8) is 0 Å². The summed E-state index contributed by atoms with van der Waals surface area (Å²) in [4.78, 5) is 6.61. The van der Waals surface area contributed by atoms with Gasteiger partial charge in [0.25, 0.3) is 0 Å². The Morgan fingerprint density at radius 3 is 2.82 bits per heavy atom. The summed E-state index contributed by atoms with van der Waals surface area (Å²) in [6.45, 7) is 0.817. The van der Waals surface area contributed by atoms with Crippen LogP contribution >= 0.6 is 11.9 Å². The Labute approximate surface area is 169 Å². The molecule has 146 valence electrons. The predicted molar refractivity (Wildman–Crippen MR) is 118 cm³/mol. The second kappa shape index (κ2) is 7.91. The number of methoxy groups -OCH3 is 1. The number of nitrogens with one attached hydrogen (secondary N) is 2. The van der Waals surface area contributed by atoms with E-state index in [0.29, 0.717) is 0 Å². The molecule has 5 nitrogen and oxygen atoms in total. The highest BCUT2D eigenvalue weighted by molar-refractivity contribution is 7.97. The third-order valence-corrected chi connectivity index (χ3v) is 6.06. The lowest BCUT2D eigenvalue weighted by Crippen LogP contribution is -2.28.